The zero-order valence-corrected chi connectivity index (χ0v) is 13.8. The summed E-state index contributed by atoms with van der Waals surface area (Å²) in [5.41, 5.74) is 3.17. The van der Waals surface area contributed by atoms with Crippen molar-refractivity contribution >= 4 is 0 Å². The molecule has 1 aromatic heterocycles. The number of aliphatic hydroxyl groups excluding tert-OH is 1. The molecule has 0 aliphatic carbocycles. The molecule has 124 valence electrons. The molecule has 0 bridgehead atoms. The number of aromatic nitrogens is 1. The number of hydrogen-bond donors (Lipinski definition) is 1. The Balaban J connectivity index is 1.53. The number of likely N-dealkylation sites (tertiary alicyclic amines) is 1. The summed E-state index contributed by atoms with van der Waals surface area (Å²) in [6, 6.07) is 8.23. The summed E-state index contributed by atoms with van der Waals surface area (Å²) in [6.07, 6.45) is 1.09. The average molecular weight is 316 g/mol. The van der Waals surface area contributed by atoms with Crippen molar-refractivity contribution < 1.29 is 14.4 Å². The van der Waals surface area contributed by atoms with Crippen molar-refractivity contribution in [3.05, 3.63) is 46.8 Å². The minimum absolute atomic E-state index is 0.297. The predicted octanol–water partition coefficient (Wildman–Crippen LogP) is 2.68. The highest BCUT2D eigenvalue weighted by molar-refractivity contribution is 5.28. The highest BCUT2D eigenvalue weighted by Gasteiger charge is 2.21. The van der Waals surface area contributed by atoms with Gasteiger partial charge < -0.3 is 14.4 Å². The lowest BCUT2D eigenvalue weighted by molar-refractivity contribution is 0.220. The average Bonchev–Trinajstić information content (AvgIpc) is 3.14. The molecule has 1 atom stereocenters. The van der Waals surface area contributed by atoms with Crippen molar-refractivity contribution in [2.45, 2.75) is 33.4 Å². The van der Waals surface area contributed by atoms with Gasteiger partial charge in [0.15, 0.2) is 0 Å². The Labute approximate surface area is 136 Å². The second-order valence-electron chi connectivity index (χ2n) is 6.31. The van der Waals surface area contributed by atoms with Crippen molar-refractivity contribution in [2.75, 3.05) is 19.7 Å². The van der Waals surface area contributed by atoms with E-state index in [4.69, 9.17) is 9.26 Å². The van der Waals surface area contributed by atoms with Gasteiger partial charge in [0.2, 0.25) is 0 Å². The highest BCUT2D eigenvalue weighted by Crippen LogP contribution is 2.21. The molecule has 3 rings (SSSR count). The van der Waals surface area contributed by atoms with E-state index in [-0.39, 0.29) is 0 Å². The number of rotatable bonds is 6. The van der Waals surface area contributed by atoms with Crippen LogP contribution in [0.5, 0.6) is 5.75 Å². The molecular weight excluding hydrogens is 292 g/mol. The molecule has 0 saturated carbocycles. The van der Waals surface area contributed by atoms with Gasteiger partial charge in [-0.2, -0.15) is 0 Å². The summed E-state index contributed by atoms with van der Waals surface area (Å²) >= 11 is 0. The molecule has 23 heavy (non-hydrogen) atoms. The van der Waals surface area contributed by atoms with Gasteiger partial charge in [0.05, 0.1) is 11.3 Å². The van der Waals surface area contributed by atoms with E-state index in [9.17, 15) is 5.11 Å². The number of hydrogen-bond acceptors (Lipinski definition) is 5. The molecule has 0 radical (unpaired) electrons. The van der Waals surface area contributed by atoms with E-state index >= 15 is 0 Å². The molecule has 0 amide bonds. The maximum absolute atomic E-state index is 9.21. The monoisotopic (exact) mass is 316 g/mol. The minimum Gasteiger partial charge on any atom is -0.489 e. The van der Waals surface area contributed by atoms with E-state index in [1.807, 2.05) is 26.0 Å². The van der Waals surface area contributed by atoms with Crippen LogP contribution >= 0.6 is 0 Å². The van der Waals surface area contributed by atoms with E-state index in [0.29, 0.717) is 19.1 Å². The zero-order valence-electron chi connectivity index (χ0n) is 13.8. The van der Waals surface area contributed by atoms with Crippen LogP contribution in [0.1, 0.15) is 29.0 Å². The van der Waals surface area contributed by atoms with Crippen LogP contribution in [0.15, 0.2) is 28.8 Å². The van der Waals surface area contributed by atoms with Gasteiger partial charge in [-0.15, -0.1) is 0 Å². The lowest BCUT2D eigenvalue weighted by Gasteiger charge is -2.16. The maximum Gasteiger partial charge on any atom is 0.140 e. The van der Waals surface area contributed by atoms with Crippen molar-refractivity contribution in [2.24, 2.45) is 5.92 Å². The fourth-order valence-corrected chi connectivity index (χ4v) is 3.02. The molecule has 0 spiro atoms. The predicted molar refractivity (Wildman–Crippen MR) is 87.2 cm³/mol. The number of aliphatic hydroxyl groups is 1. The SMILES string of the molecule is Cc1noc(C)c1COc1ccc(CN2CCC(CO)C2)cc1. The fourth-order valence-electron chi connectivity index (χ4n) is 3.02. The van der Waals surface area contributed by atoms with Crippen molar-refractivity contribution in [3.8, 4) is 5.75 Å². The van der Waals surface area contributed by atoms with E-state index in [1.54, 1.807) is 0 Å². The van der Waals surface area contributed by atoms with Gasteiger partial charge in [-0.25, -0.2) is 0 Å². The first-order chi connectivity index (χ1) is 11.2. The molecule has 1 unspecified atom stereocenters. The van der Waals surface area contributed by atoms with Gasteiger partial charge in [0.25, 0.3) is 0 Å². The largest absolute Gasteiger partial charge is 0.489 e. The van der Waals surface area contributed by atoms with Crippen LogP contribution < -0.4 is 4.74 Å². The second-order valence-corrected chi connectivity index (χ2v) is 6.31. The van der Waals surface area contributed by atoms with Crippen LogP contribution in [-0.4, -0.2) is 34.9 Å². The van der Waals surface area contributed by atoms with Crippen LogP contribution in [0.25, 0.3) is 0 Å². The molecule has 1 fully saturated rings. The van der Waals surface area contributed by atoms with Crippen molar-refractivity contribution in [3.63, 3.8) is 0 Å². The van der Waals surface area contributed by atoms with E-state index in [1.165, 1.54) is 5.56 Å². The van der Waals surface area contributed by atoms with Crippen molar-refractivity contribution in [1.82, 2.24) is 10.1 Å². The molecule has 1 aromatic carbocycles. The van der Waals surface area contributed by atoms with Crippen molar-refractivity contribution in [1.29, 1.82) is 0 Å². The summed E-state index contributed by atoms with van der Waals surface area (Å²) in [7, 11) is 0. The normalized spacial score (nSPS) is 18.5. The van der Waals surface area contributed by atoms with Crippen LogP contribution in [0.2, 0.25) is 0 Å². The first-order valence-electron chi connectivity index (χ1n) is 8.12. The smallest absolute Gasteiger partial charge is 0.140 e. The van der Waals surface area contributed by atoms with Crippen LogP contribution in [-0.2, 0) is 13.2 Å². The molecular formula is C18H24N2O3. The summed E-state index contributed by atoms with van der Waals surface area (Å²) in [6.45, 7) is 7.58. The summed E-state index contributed by atoms with van der Waals surface area (Å²) in [4.78, 5) is 2.39. The lowest BCUT2D eigenvalue weighted by Crippen LogP contribution is -2.20. The Morgan fingerprint density at radius 2 is 2.09 bits per heavy atom. The molecule has 2 heterocycles. The number of aryl methyl sites for hydroxylation is 2. The van der Waals surface area contributed by atoms with Crippen LogP contribution in [0.4, 0.5) is 0 Å². The minimum atomic E-state index is 0.297. The van der Waals surface area contributed by atoms with Crippen LogP contribution in [0, 0.1) is 19.8 Å². The molecule has 1 saturated heterocycles. The van der Waals surface area contributed by atoms with Gasteiger partial charge in [-0.3, -0.25) is 4.90 Å². The zero-order chi connectivity index (χ0) is 16.2. The van der Waals surface area contributed by atoms with Gasteiger partial charge in [0.1, 0.15) is 18.1 Å². The topological polar surface area (TPSA) is 58.7 Å². The molecule has 1 aliphatic rings. The quantitative estimate of drug-likeness (QED) is 0.888. The van der Waals surface area contributed by atoms with Gasteiger partial charge >= 0.3 is 0 Å². The Morgan fingerprint density at radius 1 is 1.30 bits per heavy atom. The molecule has 1 aliphatic heterocycles. The Bertz CT molecular complexity index is 617. The summed E-state index contributed by atoms with van der Waals surface area (Å²) in [5.74, 6) is 2.10. The van der Waals surface area contributed by atoms with E-state index in [0.717, 1.165) is 48.8 Å². The maximum atomic E-state index is 9.21. The summed E-state index contributed by atoms with van der Waals surface area (Å²) in [5, 5.41) is 13.1. The van der Waals surface area contributed by atoms with E-state index in [2.05, 4.69) is 22.2 Å². The third-order valence-corrected chi connectivity index (χ3v) is 4.52. The number of nitrogens with zero attached hydrogens (tertiary/aromatic N) is 2. The van der Waals surface area contributed by atoms with Gasteiger partial charge in [-0.05, 0) is 50.4 Å². The molecule has 1 N–H and O–H groups in total. The first-order valence-corrected chi connectivity index (χ1v) is 8.12. The number of ether oxygens (including phenoxy) is 1. The molecule has 5 nitrogen and oxygen atoms in total. The summed E-state index contributed by atoms with van der Waals surface area (Å²) < 4.78 is 11.0. The molecule has 5 heteroatoms. The Morgan fingerprint density at radius 3 is 2.70 bits per heavy atom. The van der Waals surface area contributed by atoms with Gasteiger partial charge in [-0.1, -0.05) is 17.3 Å². The standard InChI is InChI=1S/C18H24N2O3/c1-13-18(14(2)23-19-13)12-22-17-5-3-15(4-6-17)9-20-8-7-16(10-20)11-21/h3-6,16,21H,7-12H2,1-2H3. The third kappa shape index (κ3) is 3.92. The lowest BCUT2D eigenvalue weighted by atomic mass is 10.1. The Kier molecular flexibility index (Phi) is 4.98. The highest BCUT2D eigenvalue weighted by atomic mass is 16.5. The van der Waals surface area contributed by atoms with Crippen LogP contribution in [0.3, 0.4) is 0 Å². The number of benzene rings is 1. The second kappa shape index (κ2) is 7.15. The Hall–Kier alpha value is -1.85. The third-order valence-electron chi connectivity index (χ3n) is 4.52. The van der Waals surface area contributed by atoms with Gasteiger partial charge in [0, 0.05) is 19.7 Å². The molecule has 2 aromatic rings. The van der Waals surface area contributed by atoms with E-state index < -0.39 is 0 Å². The fraction of sp³-hybridized carbons (Fsp3) is 0.500. The first kappa shape index (κ1) is 16.0.